The summed E-state index contributed by atoms with van der Waals surface area (Å²) in [7, 11) is 0. The molecule has 126 valence electrons. The van der Waals surface area contributed by atoms with E-state index in [1.165, 1.54) is 6.07 Å². The SMILES string of the molecule is Cc1ccc2c(c1)-c1onc(C(=O)Nc3ccc(C)c(F)c3)c1CO2. The summed E-state index contributed by atoms with van der Waals surface area (Å²) in [5, 5.41) is 6.54. The van der Waals surface area contributed by atoms with Crippen molar-refractivity contribution in [2.75, 3.05) is 5.32 Å². The van der Waals surface area contributed by atoms with Gasteiger partial charge >= 0.3 is 0 Å². The van der Waals surface area contributed by atoms with Gasteiger partial charge in [0, 0.05) is 5.69 Å². The maximum Gasteiger partial charge on any atom is 0.278 e. The van der Waals surface area contributed by atoms with Crippen LogP contribution < -0.4 is 10.1 Å². The van der Waals surface area contributed by atoms with E-state index >= 15 is 0 Å². The number of nitrogens with zero attached hydrogens (tertiary/aromatic N) is 1. The van der Waals surface area contributed by atoms with Crippen LogP contribution in [0.1, 0.15) is 27.2 Å². The number of carbonyl (C=O) groups is 1. The van der Waals surface area contributed by atoms with Gasteiger partial charge in [-0.25, -0.2) is 4.39 Å². The summed E-state index contributed by atoms with van der Waals surface area (Å²) in [6.07, 6.45) is 0. The Labute approximate surface area is 143 Å². The van der Waals surface area contributed by atoms with E-state index < -0.39 is 5.91 Å². The highest BCUT2D eigenvalue weighted by molar-refractivity contribution is 6.04. The van der Waals surface area contributed by atoms with Crippen molar-refractivity contribution in [1.82, 2.24) is 5.16 Å². The van der Waals surface area contributed by atoms with Crippen molar-refractivity contribution in [3.8, 4) is 17.1 Å². The van der Waals surface area contributed by atoms with E-state index in [0.717, 1.165) is 11.1 Å². The third kappa shape index (κ3) is 2.65. The van der Waals surface area contributed by atoms with Gasteiger partial charge in [0.1, 0.15) is 18.2 Å². The number of fused-ring (bicyclic) bond motifs is 3. The van der Waals surface area contributed by atoms with E-state index in [-0.39, 0.29) is 18.1 Å². The first-order valence-corrected chi connectivity index (χ1v) is 7.83. The van der Waals surface area contributed by atoms with E-state index in [1.807, 2.05) is 25.1 Å². The van der Waals surface area contributed by atoms with Gasteiger partial charge in [-0.15, -0.1) is 0 Å². The van der Waals surface area contributed by atoms with Gasteiger partial charge in [-0.1, -0.05) is 22.9 Å². The van der Waals surface area contributed by atoms with E-state index in [9.17, 15) is 9.18 Å². The number of hydrogen-bond acceptors (Lipinski definition) is 4. The molecule has 5 nitrogen and oxygen atoms in total. The lowest BCUT2D eigenvalue weighted by atomic mass is 10.0. The maximum atomic E-state index is 13.6. The maximum absolute atomic E-state index is 13.6. The number of benzene rings is 2. The summed E-state index contributed by atoms with van der Waals surface area (Å²) in [6.45, 7) is 3.82. The number of ether oxygens (including phenoxy) is 1. The molecule has 0 aliphatic carbocycles. The number of aromatic nitrogens is 1. The molecule has 1 aromatic heterocycles. The Balaban J connectivity index is 1.67. The van der Waals surface area contributed by atoms with Crippen molar-refractivity contribution in [1.29, 1.82) is 0 Å². The molecule has 1 amide bonds. The summed E-state index contributed by atoms with van der Waals surface area (Å²) in [4.78, 5) is 12.5. The van der Waals surface area contributed by atoms with Crippen molar-refractivity contribution in [2.24, 2.45) is 0 Å². The molecule has 0 saturated heterocycles. The lowest BCUT2D eigenvalue weighted by Crippen LogP contribution is -2.16. The second-order valence-electron chi connectivity index (χ2n) is 6.05. The van der Waals surface area contributed by atoms with Crippen LogP contribution in [0.15, 0.2) is 40.9 Å². The summed E-state index contributed by atoms with van der Waals surface area (Å²) in [5.41, 5.74) is 3.42. The van der Waals surface area contributed by atoms with Gasteiger partial charge in [0.15, 0.2) is 11.5 Å². The molecule has 6 heteroatoms. The van der Waals surface area contributed by atoms with Gasteiger partial charge in [0.2, 0.25) is 0 Å². The third-order valence-electron chi connectivity index (χ3n) is 4.18. The van der Waals surface area contributed by atoms with Crippen LogP contribution in [0.2, 0.25) is 0 Å². The monoisotopic (exact) mass is 338 g/mol. The van der Waals surface area contributed by atoms with Crippen molar-refractivity contribution < 1.29 is 18.4 Å². The fraction of sp³-hybridized carbons (Fsp3) is 0.158. The summed E-state index contributed by atoms with van der Waals surface area (Å²) in [6, 6.07) is 10.2. The van der Waals surface area contributed by atoms with Crippen LogP contribution in [0.4, 0.5) is 10.1 Å². The predicted octanol–water partition coefficient (Wildman–Crippen LogP) is 4.24. The number of anilines is 1. The minimum atomic E-state index is -0.465. The van der Waals surface area contributed by atoms with E-state index in [1.54, 1.807) is 19.1 Å². The van der Waals surface area contributed by atoms with Gasteiger partial charge in [-0.05, 0) is 43.7 Å². The van der Waals surface area contributed by atoms with Crippen molar-refractivity contribution in [3.63, 3.8) is 0 Å². The Kier molecular flexibility index (Phi) is 3.53. The Hall–Kier alpha value is -3.15. The molecule has 0 unspecified atom stereocenters. The van der Waals surface area contributed by atoms with Crippen LogP contribution in [0.3, 0.4) is 0 Å². The lowest BCUT2D eigenvalue weighted by molar-refractivity contribution is 0.101. The highest BCUT2D eigenvalue weighted by Crippen LogP contribution is 2.39. The van der Waals surface area contributed by atoms with Crippen LogP contribution in [-0.2, 0) is 6.61 Å². The number of rotatable bonds is 2. The number of amides is 1. The first kappa shape index (κ1) is 15.4. The number of carbonyl (C=O) groups excluding carboxylic acids is 1. The zero-order valence-electron chi connectivity index (χ0n) is 13.7. The van der Waals surface area contributed by atoms with Gasteiger partial charge in [0.05, 0.1) is 11.1 Å². The van der Waals surface area contributed by atoms with E-state index in [2.05, 4.69) is 10.5 Å². The summed E-state index contributed by atoms with van der Waals surface area (Å²) < 4.78 is 24.7. The largest absolute Gasteiger partial charge is 0.488 e. The first-order valence-electron chi connectivity index (χ1n) is 7.83. The third-order valence-corrected chi connectivity index (χ3v) is 4.18. The molecule has 4 rings (SSSR count). The molecule has 0 atom stereocenters. The Morgan fingerprint density at radius 2 is 2.04 bits per heavy atom. The van der Waals surface area contributed by atoms with Gasteiger partial charge in [-0.2, -0.15) is 0 Å². The average Bonchev–Trinajstić information content (AvgIpc) is 3.03. The molecule has 1 N–H and O–H groups in total. The molecule has 1 aliphatic rings. The van der Waals surface area contributed by atoms with Crippen LogP contribution in [0.25, 0.3) is 11.3 Å². The molecule has 3 aromatic rings. The quantitative estimate of drug-likeness (QED) is 0.759. The normalized spacial score (nSPS) is 12.1. The number of hydrogen-bond donors (Lipinski definition) is 1. The van der Waals surface area contributed by atoms with E-state index in [4.69, 9.17) is 9.26 Å². The molecule has 25 heavy (non-hydrogen) atoms. The van der Waals surface area contributed by atoms with Crippen molar-refractivity contribution >= 4 is 11.6 Å². The second-order valence-corrected chi connectivity index (χ2v) is 6.05. The fourth-order valence-electron chi connectivity index (χ4n) is 2.79. The lowest BCUT2D eigenvalue weighted by Gasteiger charge is -2.16. The first-order chi connectivity index (χ1) is 12.0. The topological polar surface area (TPSA) is 64.4 Å². The molecule has 0 spiro atoms. The van der Waals surface area contributed by atoms with Gasteiger partial charge < -0.3 is 14.6 Å². The van der Waals surface area contributed by atoms with E-state index in [0.29, 0.717) is 28.3 Å². The molecule has 1 aliphatic heterocycles. The number of halogens is 1. The minimum Gasteiger partial charge on any atom is -0.488 e. The molecule has 0 radical (unpaired) electrons. The van der Waals surface area contributed by atoms with Crippen molar-refractivity contribution in [3.05, 3.63) is 64.6 Å². The zero-order valence-corrected chi connectivity index (χ0v) is 13.7. The van der Waals surface area contributed by atoms with Crippen LogP contribution in [0, 0.1) is 19.7 Å². The fourth-order valence-corrected chi connectivity index (χ4v) is 2.79. The molecule has 2 aromatic carbocycles. The van der Waals surface area contributed by atoms with Crippen molar-refractivity contribution in [2.45, 2.75) is 20.5 Å². The number of nitrogens with one attached hydrogen (secondary N) is 1. The standard InChI is InChI=1S/C19H15FN2O3/c1-10-3-6-16-13(7-10)18-14(9-24-16)17(22-25-18)19(23)21-12-5-4-11(2)15(20)8-12/h3-8H,9H2,1-2H3,(H,21,23). The number of aryl methyl sites for hydroxylation is 2. The molecular formula is C19H15FN2O3. The van der Waals surface area contributed by atoms with Gasteiger partial charge in [0.25, 0.3) is 5.91 Å². The highest BCUT2D eigenvalue weighted by atomic mass is 19.1. The second kappa shape index (κ2) is 5.73. The summed E-state index contributed by atoms with van der Waals surface area (Å²) >= 11 is 0. The smallest absolute Gasteiger partial charge is 0.278 e. The minimum absolute atomic E-state index is 0.142. The van der Waals surface area contributed by atoms with Crippen LogP contribution >= 0.6 is 0 Å². The van der Waals surface area contributed by atoms with Crippen LogP contribution in [-0.4, -0.2) is 11.1 Å². The molecule has 0 fully saturated rings. The molecule has 0 saturated carbocycles. The Bertz CT molecular complexity index is 994. The summed E-state index contributed by atoms with van der Waals surface area (Å²) in [5.74, 6) is 0.382. The molecular weight excluding hydrogens is 323 g/mol. The highest BCUT2D eigenvalue weighted by Gasteiger charge is 2.29. The molecule has 0 bridgehead atoms. The van der Waals surface area contributed by atoms with Gasteiger partial charge in [-0.3, -0.25) is 4.79 Å². The predicted molar refractivity (Wildman–Crippen MR) is 90.1 cm³/mol. The zero-order chi connectivity index (χ0) is 17.6. The Morgan fingerprint density at radius 1 is 1.20 bits per heavy atom. The Morgan fingerprint density at radius 3 is 2.84 bits per heavy atom. The molecule has 2 heterocycles. The van der Waals surface area contributed by atoms with Crippen LogP contribution in [0.5, 0.6) is 5.75 Å². The average molecular weight is 338 g/mol.